The van der Waals surface area contributed by atoms with Gasteiger partial charge in [0, 0.05) is 18.7 Å². The van der Waals surface area contributed by atoms with Gasteiger partial charge >= 0.3 is 6.09 Å². The first-order valence-corrected chi connectivity index (χ1v) is 9.74. The fourth-order valence-electron chi connectivity index (χ4n) is 3.39. The Morgan fingerprint density at radius 2 is 1.93 bits per heavy atom. The number of hydrogen-bond acceptors (Lipinski definition) is 4. The molecule has 0 spiro atoms. The Labute approximate surface area is 175 Å². The van der Waals surface area contributed by atoms with Gasteiger partial charge in [0.1, 0.15) is 17.5 Å². The third-order valence-corrected chi connectivity index (χ3v) is 4.72. The van der Waals surface area contributed by atoms with E-state index in [1.807, 2.05) is 0 Å². The maximum Gasteiger partial charge on any atom is 0.408 e. The molecule has 1 aliphatic rings. The van der Waals surface area contributed by atoms with Crippen LogP contribution in [0.15, 0.2) is 42.5 Å². The molecule has 1 atom stereocenters. The molecule has 7 heteroatoms. The standard InChI is InChI=1S/C23H24FN3O3/c1-23(2,3)30-22(29)26-19(12-15-4-6-16(14-25)7-5-15)21(28)27-11-10-17-13-18(24)8-9-20(17)27/h4-9,13,19H,10-12H2,1-3H3,(H,26,29)/t19-/m0/s1. The molecule has 1 aliphatic heterocycles. The van der Waals surface area contributed by atoms with E-state index in [2.05, 4.69) is 11.4 Å². The van der Waals surface area contributed by atoms with Crippen molar-refractivity contribution in [3.63, 3.8) is 0 Å². The Bertz CT molecular complexity index is 990. The minimum Gasteiger partial charge on any atom is -0.444 e. The molecule has 1 N–H and O–H groups in total. The molecule has 6 nitrogen and oxygen atoms in total. The zero-order valence-corrected chi connectivity index (χ0v) is 17.2. The van der Waals surface area contributed by atoms with Crippen LogP contribution in [0.1, 0.15) is 37.5 Å². The van der Waals surface area contributed by atoms with Crippen LogP contribution in [-0.4, -0.2) is 30.2 Å². The van der Waals surface area contributed by atoms with Crippen molar-refractivity contribution in [2.75, 3.05) is 11.4 Å². The van der Waals surface area contributed by atoms with Crippen molar-refractivity contribution in [2.45, 2.75) is 45.3 Å². The SMILES string of the molecule is CC(C)(C)OC(=O)N[C@@H](Cc1ccc(C#N)cc1)C(=O)N1CCc2cc(F)ccc21. The number of nitriles is 1. The van der Waals surface area contributed by atoms with Crippen molar-refractivity contribution < 1.29 is 18.7 Å². The lowest BCUT2D eigenvalue weighted by atomic mass is 10.0. The van der Waals surface area contributed by atoms with Gasteiger partial charge in [0.2, 0.25) is 5.91 Å². The third-order valence-electron chi connectivity index (χ3n) is 4.72. The van der Waals surface area contributed by atoms with Gasteiger partial charge < -0.3 is 15.0 Å². The maximum atomic E-state index is 13.5. The van der Waals surface area contributed by atoms with E-state index in [1.165, 1.54) is 12.1 Å². The van der Waals surface area contributed by atoms with Crippen molar-refractivity contribution in [3.05, 3.63) is 65.0 Å². The molecular formula is C23H24FN3O3. The first-order chi connectivity index (χ1) is 14.2. The summed E-state index contributed by atoms with van der Waals surface area (Å²) >= 11 is 0. The van der Waals surface area contributed by atoms with E-state index in [-0.39, 0.29) is 18.1 Å². The average Bonchev–Trinajstić information content (AvgIpc) is 3.09. The molecule has 1 heterocycles. The summed E-state index contributed by atoms with van der Waals surface area (Å²) in [5, 5.41) is 11.6. The lowest BCUT2D eigenvalue weighted by Gasteiger charge is -2.27. The molecule has 0 aliphatic carbocycles. The van der Waals surface area contributed by atoms with Gasteiger partial charge in [-0.3, -0.25) is 4.79 Å². The van der Waals surface area contributed by atoms with E-state index in [0.717, 1.165) is 11.1 Å². The molecule has 2 amide bonds. The Kier molecular flexibility index (Phi) is 6.06. The number of hydrogen-bond donors (Lipinski definition) is 1. The fraction of sp³-hybridized carbons (Fsp3) is 0.348. The van der Waals surface area contributed by atoms with E-state index in [9.17, 15) is 14.0 Å². The lowest BCUT2D eigenvalue weighted by molar-refractivity contribution is -0.120. The molecular weight excluding hydrogens is 385 g/mol. The van der Waals surface area contributed by atoms with Gasteiger partial charge in [-0.1, -0.05) is 12.1 Å². The van der Waals surface area contributed by atoms with Crippen LogP contribution >= 0.6 is 0 Å². The van der Waals surface area contributed by atoms with Gasteiger partial charge in [-0.2, -0.15) is 5.26 Å². The van der Waals surface area contributed by atoms with E-state index in [4.69, 9.17) is 10.00 Å². The molecule has 0 unspecified atom stereocenters. The Morgan fingerprint density at radius 1 is 1.23 bits per heavy atom. The van der Waals surface area contributed by atoms with Crippen molar-refractivity contribution in [1.29, 1.82) is 5.26 Å². The van der Waals surface area contributed by atoms with Gasteiger partial charge in [0.25, 0.3) is 0 Å². The van der Waals surface area contributed by atoms with Crippen LogP contribution in [0.25, 0.3) is 0 Å². The fourth-order valence-corrected chi connectivity index (χ4v) is 3.39. The highest BCUT2D eigenvalue weighted by Crippen LogP contribution is 2.29. The van der Waals surface area contributed by atoms with Gasteiger partial charge in [-0.05, 0) is 68.7 Å². The molecule has 0 saturated carbocycles. The van der Waals surface area contributed by atoms with E-state index < -0.39 is 17.7 Å². The van der Waals surface area contributed by atoms with E-state index in [1.54, 1.807) is 56.0 Å². The Morgan fingerprint density at radius 3 is 2.57 bits per heavy atom. The number of rotatable bonds is 4. The van der Waals surface area contributed by atoms with Crippen LogP contribution in [0.3, 0.4) is 0 Å². The molecule has 2 aromatic rings. The number of alkyl carbamates (subject to hydrolysis) is 1. The van der Waals surface area contributed by atoms with E-state index in [0.29, 0.717) is 24.2 Å². The molecule has 2 aromatic carbocycles. The predicted octanol–water partition coefficient (Wildman–Crippen LogP) is 3.72. The van der Waals surface area contributed by atoms with Crippen LogP contribution in [0.5, 0.6) is 0 Å². The Balaban J connectivity index is 1.84. The molecule has 0 aromatic heterocycles. The highest BCUT2D eigenvalue weighted by Gasteiger charge is 2.32. The summed E-state index contributed by atoms with van der Waals surface area (Å²) in [6.07, 6.45) is 0.0964. The second-order valence-electron chi connectivity index (χ2n) is 8.22. The minimum atomic E-state index is -0.871. The largest absolute Gasteiger partial charge is 0.444 e. The molecule has 3 rings (SSSR count). The van der Waals surface area contributed by atoms with Crippen LogP contribution < -0.4 is 10.2 Å². The van der Waals surface area contributed by atoms with Gasteiger partial charge in [-0.15, -0.1) is 0 Å². The van der Waals surface area contributed by atoms with Crippen LogP contribution in [0.2, 0.25) is 0 Å². The van der Waals surface area contributed by atoms with Crippen LogP contribution in [-0.2, 0) is 22.4 Å². The summed E-state index contributed by atoms with van der Waals surface area (Å²) in [5.74, 6) is -0.639. The number of carbonyl (C=O) groups is 2. The molecule has 0 fully saturated rings. The van der Waals surface area contributed by atoms with Gasteiger partial charge in [0.15, 0.2) is 0 Å². The number of benzene rings is 2. The summed E-state index contributed by atoms with van der Waals surface area (Å²) in [7, 11) is 0. The number of ether oxygens (including phenoxy) is 1. The van der Waals surface area contributed by atoms with Gasteiger partial charge in [0.05, 0.1) is 11.6 Å². The lowest BCUT2D eigenvalue weighted by Crippen LogP contribution is -2.50. The number of halogens is 1. The number of carbonyl (C=O) groups excluding carboxylic acids is 2. The molecule has 0 saturated heterocycles. The smallest absolute Gasteiger partial charge is 0.408 e. The summed E-state index contributed by atoms with van der Waals surface area (Å²) in [5.41, 5.74) is 2.01. The average molecular weight is 409 g/mol. The summed E-state index contributed by atoms with van der Waals surface area (Å²) in [4.78, 5) is 27.3. The zero-order valence-electron chi connectivity index (χ0n) is 17.2. The summed E-state index contributed by atoms with van der Waals surface area (Å²) < 4.78 is 18.9. The number of nitrogens with zero attached hydrogens (tertiary/aromatic N) is 2. The second-order valence-corrected chi connectivity index (χ2v) is 8.22. The zero-order chi connectivity index (χ0) is 21.9. The first kappa shape index (κ1) is 21.3. The number of nitrogens with one attached hydrogen (secondary N) is 1. The van der Waals surface area contributed by atoms with Crippen LogP contribution in [0, 0.1) is 17.1 Å². The number of fused-ring (bicyclic) bond motifs is 1. The second kappa shape index (κ2) is 8.54. The predicted molar refractivity (Wildman–Crippen MR) is 110 cm³/mol. The van der Waals surface area contributed by atoms with Gasteiger partial charge in [-0.25, -0.2) is 9.18 Å². The summed E-state index contributed by atoms with van der Waals surface area (Å²) in [6, 6.07) is 12.4. The first-order valence-electron chi connectivity index (χ1n) is 9.74. The molecule has 156 valence electrons. The highest BCUT2D eigenvalue weighted by atomic mass is 19.1. The number of anilines is 1. The van der Waals surface area contributed by atoms with Crippen molar-refractivity contribution in [2.24, 2.45) is 0 Å². The quantitative estimate of drug-likeness (QED) is 0.834. The molecule has 0 radical (unpaired) electrons. The monoisotopic (exact) mass is 409 g/mol. The third kappa shape index (κ3) is 5.15. The molecule has 30 heavy (non-hydrogen) atoms. The summed E-state index contributed by atoms with van der Waals surface area (Å²) in [6.45, 7) is 5.65. The Hall–Kier alpha value is -3.40. The van der Waals surface area contributed by atoms with Crippen LogP contribution in [0.4, 0.5) is 14.9 Å². The molecule has 0 bridgehead atoms. The topological polar surface area (TPSA) is 82.4 Å². The highest BCUT2D eigenvalue weighted by molar-refractivity contribution is 6.00. The maximum absolute atomic E-state index is 13.5. The van der Waals surface area contributed by atoms with Crippen molar-refractivity contribution in [1.82, 2.24) is 5.32 Å². The van der Waals surface area contributed by atoms with E-state index >= 15 is 0 Å². The minimum absolute atomic E-state index is 0.233. The van der Waals surface area contributed by atoms with Crippen molar-refractivity contribution in [3.8, 4) is 6.07 Å². The number of amides is 2. The normalized spacial score (nSPS) is 13.9. The van der Waals surface area contributed by atoms with Crippen molar-refractivity contribution >= 4 is 17.7 Å².